The molecule has 4 aromatic rings. The molecule has 1 fully saturated rings. The molecule has 196 valence electrons. The number of nitrogens with one attached hydrogen (secondary N) is 1. The monoisotopic (exact) mass is 544 g/mol. The van der Waals surface area contributed by atoms with E-state index in [1.807, 2.05) is 84.6 Å². The number of aryl methyl sites for hydroxylation is 1. The summed E-state index contributed by atoms with van der Waals surface area (Å²) >= 11 is 6.58. The summed E-state index contributed by atoms with van der Waals surface area (Å²) in [5.41, 5.74) is 3.55. The number of carbonyl (C=O) groups is 3. The third-order valence-electron chi connectivity index (χ3n) is 8.57. The summed E-state index contributed by atoms with van der Waals surface area (Å²) in [5.74, 6) is -1.85. The molecule has 6 heteroatoms. The van der Waals surface area contributed by atoms with Crippen molar-refractivity contribution in [3.05, 3.63) is 136 Å². The van der Waals surface area contributed by atoms with Crippen molar-refractivity contribution in [3.63, 3.8) is 0 Å². The van der Waals surface area contributed by atoms with Gasteiger partial charge in [-0.2, -0.15) is 0 Å². The maximum atomic E-state index is 14.7. The molecule has 0 radical (unpaired) electrons. The van der Waals surface area contributed by atoms with E-state index in [0.717, 1.165) is 22.4 Å². The number of halogens is 1. The van der Waals surface area contributed by atoms with E-state index in [9.17, 15) is 14.4 Å². The number of rotatable bonds is 4. The van der Waals surface area contributed by atoms with Crippen LogP contribution in [0.3, 0.4) is 0 Å². The number of hydrogen-bond acceptors (Lipinski definition) is 4. The van der Waals surface area contributed by atoms with Gasteiger partial charge in [0, 0.05) is 22.5 Å². The highest BCUT2D eigenvalue weighted by Crippen LogP contribution is 2.58. The van der Waals surface area contributed by atoms with Crippen molar-refractivity contribution in [2.75, 3.05) is 10.2 Å². The van der Waals surface area contributed by atoms with Gasteiger partial charge in [0.1, 0.15) is 11.5 Å². The third-order valence-corrected chi connectivity index (χ3v) is 8.90. The molecule has 0 bridgehead atoms. The van der Waals surface area contributed by atoms with Crippen LogP contribution in [0.5, 0.6) is 0 Å². The Balaban J connectivity index is 1.55. The molecule has 40 heavy (non-hydrogen) atoms. The highest BCUT2D eigenvalue weighted by Gasteiger charge is 2.70. The summed E-state index contributed by atoms with van der Waals surface area (Å²) in [6, 6.07) is 27.9. The highest BCUT2D eigenvalue weighted by atomic mass is 35.5. The molecule has 1 N–H and O–H groups in total. The molecule has 1 spiro atoms. The molecule has 0 aromatic heterocycles. The quantitative estimate of drug-likeness (QED) is 0.298. The fraction of sp³-hybridized carbons (Fsp3) is 0.147. The number of Topliss-reactive ketones (excluding diaryl/α,β-unsaturated/α-hetero) is 2. The minimum atomic E-state index is -1.34. The molecule has 1 amide bonds. The van der Waals surface area contributed by atoms with Gasteiger partial charge in [-0.1, -0.05) is 102 Å². The van der Waals surface area contributed by atoms with Crippen molar-refractivity contribution in [2.24, 2.45) is 5.92 Å². The first-order chi connectivity index (χ1) is 19.4. The second kappa shape index (κ2) is 9.04. The van der Waals surface area contributed by atoms with Crippen molar-refractivity contribution in [1.82, 2.24) is 0 Å². The molecule has 3 aliphatic heterocycles. The summed E-state index contributed by atoms with van der Waals surface area (Å²) in [6.07, 6.45) is 3.96. The van der Waals surface area contributed by atoms with Crippen molar-refractivity contribution < 1.29 is 14.4 Å². The minimum Gasteiger partial charge on any atom is -0.352 e. The van der Waals surface area contributed by atoms with Crippen LogP contribution in [-0.2, 0) is 10.2 Å². The van der Waals surface area contributed by atoms with Gasteiger partial charge in [-0.25, -0.2) is 0 Å². The van der Waals surface area contributed by atoms with E-state index in [1.54, 1.807) is 36.4 Å². The topological polar surface area (TPSA) is 66.5 Å². The van der Waals surface area contributed by atoms with Crippen LogP contribution < -0.4 is 10.2 Å². The van der Waals surface area contributed by atoms with E-state index in [1.165, 1.54) is 0 Å². The van der Waals surface area contributed by atoms with Crippen molar-refractivity contribution in [1.29, 1.82) is 0 Å². The number of nitrogens with zero attached hydrogens (tertiary/aromatic N) is 1. The number of hydrogen-bond donors (Lipinski definition) is 1. The average molecular weight is 545 g/mol. The Morgan fingerprint density at radius 2 is 1.55 bits per heavy atom. The molecule has 0 saturated carbocycles. The lowest BCUT2D eigenvalue weighted by atomic mass is 9.64. The Kier molecular flexibility index (Phi) is 5.55. The SMILES string of the molecule is Cc1ccc(C(=O)[C@@H]2[C@H](C(=O)c3ccccc3Cl)N3c4ccccc4C=C[C@H]3[C@]23C(=O)Nc2ccccc23)cc1. The van der Waals surface area contributed by atoms with E-state index in [0.29, 0.717) is 21.8 Å². The van der Waals surface area contributed by atoms with Crippen LogP contribution in [0.2, 0.25) is 5.02 Å². The summed E-state index contributed by atoms with van der Waals surface area (Å²) in [4.78, 5) is 45.7. The predicted octanol–water partition coefficient (Wildman–Crippen LogP) is 6.50. The van der Waals surface area contributed by atoms with Crippen LogP contribution in [0.1, 0.15) is 37.4 Å². The van der Waals surface area contributed by atoms with E-state index in [-0.39, 0.29) is 17.5 Å². The molecule has 0 unspecified atom stereocenters. The lowest BCUT2D eigenvalue weighted by molar-refractivity contribution is -0.121. The normalized spacial score (nSPS) is 23.9. The van der Waals surface area contributed by atoms with Gasteiger partial charge in [-0.05, 0) is 42.3 Å². The van der Waals surface area contributed by atoms with Gasteiger partial charge in [-0.3, -0.25) is 14.4 Å². The van der Waals surface area contributed by atoms with Gasteiger partial charge in [-0.15, -0.1) is 0 Å². The van der Waals surface area contributed by atoms with Crippen LogP contribution >= 0.6 is 11.6 Å². The van der Waals surface area contributed by atoms with Crippen LogP contribution in [0.15, 0.2) is 103 Å². The number of para-hydroxylation sites is 2. The Hall–Kier alpha value is -4.48. The lowest BCUT2D eigenvalue weighted by Crippen LogP contribution is -2.51. The summed E-state index contributed by atoms with van der Waals surface area (Å²) < 4.78 is 0. The highest BCUT2D eigenvalue weighted by molar-refractivity contribution is 6.34. The number of benzene rings is 4. The molecule has 0 aliphatic carbocycles. The molecule has 1 saturated heterocycles. The zero-order valence-corrected chi connectivity index (χ0v) is 22.4. The van der Waals surface area contributed by atoms with Gasteiger partial charge in [0.05, 0.1) is 17.0 Å². The Morgan fingerprint density at radius 1 is 0.850 bits per heavy atom. The average Bonchev–Trinajstić information content (AvgIpc) is 3.45. The summed E-state index contributed by atoms with van der Waals surface area (Å²) in [7, 11) is 0. The first-order valence-electron chi connectivity index (χ1n) is 13.3. The number of ketones is 2. The van der Waals surface area contributed by atoms with Gasteiger partial charge < -0.3 is 10.2 Å². The zero-order valence-electron chi connectivity index (χ0n) is 21.7. The fourth-order valence-corrected chi connectivity index (χ4v) is 7.07. The van der Waals surface area contributed by atoms with E-state index in [2.05, 4.69) is 5.32 Å². The van der Waals surface area contributed by atoms with Crippen LogP contribution in [-0.4, -0.2) is 29.6 Å². The summed E-state index contributed by atoms with van der Waals surface area (Å²) in [5, 5.41) is 3.36. The van der Waals surface area contributed by atoms with Gasteiger partial charge in [0.2, 0.25) is 5.91 Å². The van der Waals surface area contributed by atoms with Gasteiger partial charge in [0.15, 0.2) is 11.6 Å². The molecule has 5 nitrogen and oxygen atoms in total. The third kappa shape index (κ3) is 3.31. The van der Waals surface area contributed by atoms with Crippen molar-refractivity contribution in [2.45, 2.75) is 24.4 Å². The van der Waals surface area contributed by atoms with E-state index < -0.39 is 23.4 Å². The van der Waals surface area contributed by atoms with Crippen LogP contribution in [0, 0.1) is 12.8 Å². The largest absolute Gasteiger partial charge is 0.352 e. The number of amides is 1. The molecular weight excluding hydrogens is 520 g/mol. The van der Waals surface area contributed by atoms with Gasteiger partial charge in [0.25, 0.3) is 0 Å². The number of carbonyl (C=O) groups excluding carboxylic acids is 3. The lowest BCUT2D eigenvalue weighted by Gasteiger charge is -2.37. The molecular formula is C34H25ClN2O3. The minimum absolute atomic E-state index is 0.252. The molecule has 3 heterocycles. The Morgan fingerprint density at radius 3 is 2.35 bits per heavy atom. The first kappa shape index (κ1) is 24.6. The Labute approximate surface area is 237 Å². The number of anilines is 2. The molecule has 3 aliphatic rings. The smallest absolute Gasteiger partial charge is 0.238 e. The second-order valence-corrected chi connectivity index (χ2v) is 11.0. The maximum Gasteiger partial charge on any atom is 0.238 e. The summed E-state index contributed by atoms with van der Waals surface area (Å²) in [6.45, 7) is 1.96. The van der Waals surface area contributed by atoms with Crippen LogP contribution in [0.4, 0.5) is 11.4 Å². The van der Waals surface area contributed by atoms with Crippen molar-refractivity contribution in [3.8, 4) is 0 Å². The van der Waals surface area contributed by atoms with E-state index in [4.69, 9.17) is 11.6 Å². The van der Waals surface area contributed by atoms with Crippen molar-refractivity contribution >= 4 is 46.5 Å². The predicted molar refractivity (Wildman–Crippen MR) is 157 cm³/mol. The number of fused-ring (bicyclic) bond motifs is 6. The second-order valence-electron chi connectivity index (χ2n) is 10.6. The first-order valence-corrected chi connectivity index (χ1v) is 13.7. The molecule has 7 rings (SSSR count). The molecule has 4 aromatic carbocycles. The molecule has 4 atom stereocenters. The van der Waals surface area contributed by atoms with Gasteiger partial charge >= 0.3 is 0 Å². The van der Waals surface area contributed by atoms with Crippen LogP contribution in [0.25, 0.3) is 6.08 Å². The fourth-order valence-electron chi connectivity index (χ4n) is 6.84. The van der Waals surface area contributed by atoms with E-state index >= 15 is 0 Å². The standard InChI is InChI=1S/C34H25ClN2O3/c1-20-14-16-22(17-15-20)31(38)29-30(32(39)23-9-3-5-11-25(23)35)37-27-13-7-2-8-21(27)18-19-28(37)34(29)24-10-4-6-12-26(24)36-33(34)40/h2-19,28-30H,1H3,(H,36,40)/t28-,29-,30+,34-/m0/s1. The maximum absolute atomic E-state index is 14.7. The zero-order chi connectivity index (χ0) is 27.6. The Bertz CT molecular complexity index is 1740.